The third-order valence-corrected chi connectivity index (χ3v) is 8.53. The Labute approximate surface area is 179 Å². The lowest BCUT2D eigenvalue weighted by Crippen LogP contribution is -2.41. The van der Waals surface area contributed by atoms with Crippen molar-refractivity contribution in [2.24, 2.45) is 29.6 Å². The Kier molecular flexibility index (Phi) is 8.52. The molecule has 3 aliphatic carbocycles. The number of esters is 1. The Hall–Kier alpha value is -0.970. The number of terminal acetylenes is 1. The SMILES string of the molecule is C#CC1(OC(=O)C2CCC(CCC)CC2)CCC(C2CCC(CCC)CC2)CC1. The van der Waals surface area contributed by atoms with Crippen molar-refractivity contribution in [2.75, 3.05) is 0 Å². The van der Waals surface area contributed by atoms with E-state index in [-0.39, 0.29) is 11.9 Å². The van der Waals surface area contributed by atoms with Crippen molar-refractivity contribution in [1.29, 1.82) is 0 Å². The summed E-state index contributed by atoms with van der Waals surface area (Å²) >= 11 is 0. The summed E-state index contributed by atoms with van der Waals surface area (Å²) in [6.07, 6.45) is 25.2. The first-order chi connectivity index (χ1) is 14.1. The van der Waals surface area contributed by atoms with Crippen molar-refractivity contribution in [3.05, 3.63) is 0 Å². The zero-order chi connectivity index (χ0) is 20.7. The molecule has 0 aromatic heterocycles. The molecule has 3 saturated carbocycles. The van der Waals surface area contributed by atoms with Crippen LogP contribution in [0.1, 0.15) is 117 Å². The van der Waals surface area contributed by atoms with Gasteiger partial charge in [0.15, 0.2) is 5.60 Å². The van der Waals surface area contributed by atoms with Crippen LogP contribution in [-0.2, 0) is 9.53 Å². The second-order valence-electron chi connectivity index (χ2n) is 10.5. The molecule has 0 unspecified atom stereocenters. The van der Waals surface area contributed by atoms with Gasteiger partial charge in [-0.3, -0.25) is 4.79 Å². The Morgan fingerprint density at radius 2 is 1.31 bits per heavy atom. The molecule has 3 rings (SSSR count). The van der Waals surface area contributed by atoms with Gasteiger partial charge in [-0.2, -0.15) is 0 Å². The summed E-state index contributed by atoms with van der Waals surface area (Å²) in [5.41, 5.74) is -0.618. The highest BCUT2D eigenvalue weighted by atomic mass is 16.6. The molecule has 29 heavy (non-hydrogen) atoms. The zero-order valence-corrected chi connectivity index (χ0v) is 19.1. The first kappa shape index (κ1) is 22.7. The highest BCUT2D eigenvalue weighted by Crippen LogP contribution is 2.44. The van der Waals surface area contributed by atoms with E-state index < -0.39 is 5.60 Å². The van der Waals surface area contributed by atoms with Gasteiger partial charge in [0, 0.05) is 0 Å². The quantitative estimate of drug-likeness (QED) is 0.331. The third kappa shape index (κ3) is 6.02. The molecule has 164 valence electrons. The fourth-order valence-corrected chi connectivity index (χ4v) is 6.58. The molecule has 3 fully saturated rings. The fraction of sp³-hybridized carbons (Fsp3) is 0.889. The molecule has 0 aliphatic heterocycles. The molecule has 0 N–H and O–H groups in total. The summed E-state index contributed by atoms with van der Waals surface area (Å²) in [5, 5.41) is 0. The number of hydrogen-bond acceptors (Lipinski definition) is 2. The Balaban J connectivity index is 1.45. The van der Waals surface area contributed by atoms with E-state index >= 15 is 0 Å². The molecule has 0 aromatic rings. The van der Waals surface area contributed by atoms with Crippen LogP contribution in [0.4, 0.5) is 0 Å². The van der Waals surface area contributed by atoms with Crippen LogP contribution in [0.2, 0.25) is 0 Å². The lowest BCUT2D eigenvalue weighted by Gasteiger charge is -2.41. The van der Waals surface area contributed by atoms with Gasteiger partial charge < -0.3 is 4.74 Å². The highest BCUT2D eigenvalue weighted by Gasteiger charge is 2.41. The first-order valence-corrected chi connectivity index (χ1v) is 12.8. The van der Waals surface area contributed by atoms with E-state index in [1.54, 1.807) is 0 Å². The molecule has 0 heterocycles. The maximum Gasteiger partial charge on any atom is 0.310 e. The predicted octanol–water partition coefficient (Wildman–Crippen LogP) is 7.30. The Morgan fingerprint density at radius 3 is 1.79 bits per heavy atom. The maximum atomic E-state index is 12.9. The minimum atomic E-state index is -0.618. The van der Waals surface area contributed by atoms with Gasteiger partial charge in [-0.15, -0.1) is 6.42 Å². The van der Waals surface area contributed by atoms with Crippen molar-refractivity contribution in [3.63, 3.8) is 0 Å². The number of hydrogen-bond donors (Lipinski definition) is 0. The topological polar surface area (TPSA) is 26.3 Å². The average Bonchev–Trinajstić information content (AvgIpc) is 2.76. The molecule has 0 bridgehead atoms. The molecular formula is C27H44O2. The minimum Gasteiger partial charge on any atom is -0.446 e. The summed E-state index contributed by atoms with van der Waals surface area (Å²) in [7, 11) is 0. The summed E-state index contributed by atoms with van der Waals surface area (Å²) in [6, 6.07) is 0. The van der Waals surface area contributed by atoms with Crippen LogP contribution in [0.3, 0.4) is 0 Å². The first-order valence-electron chi connectivity index (χ1n) is 12.8. The van der Waals surface area contributed by atoms with E-state index in [1.165, 1.54) is 64.2 Å². The van der Waals surface area contributed by atoms with Gasteiger partial charge in [0.2, 0.25) is 0 Å². The van der Waals surface area contributed by atoms with Crippen LogP contribution in [0, 0.1) is 41.9 Å². The molecule has 2 nitrogen and oxygen atoms in total. The minimum absolute atomic E-state index is 0.00331. The third-order valence-electron chi connectivity index (χ3n) is 8.53. The summed E-state index contributed by atoms with van der Waals surface area (Å²) < 4.78 is 6.07. The highest BCUT2D eigenvalue weighted by molar-refractivity contribution is 5.73. The van der Waals surface area contributed by atoms with Gasteiger partial charge in [0.1, 0.15) is 0 Å². The zero-order valence-electron chi connectivity index (χ0n) is 19.1. The van der Waals surface area contributed by atoms with Crippen LogP contribution in [0.25, 0.3) is 0 Å². The van der Waals surface area contributed by atoms with Gasteiger partial charge in [-0.1, -0.05) is 58.3 Å². The monoisotopic (exact) mass is 400 g/mol. The second-order valence-corrected chi connectivity index (χ2v) is 10.5. The normalized spacial score (nSPS) is 38.2. The lowest BCUT2D eigenvalue weighted by atomic mass is 9.68. The average molecular weight is 401 g/mol. The van der Waals surface area contributed by atoms with Crippen LogP contribution < -0.4 is 0 Å². The molecule has 0 atom stereocenters. The fourth-order valence-electron chi connectivity index (χ4n) is 6.58. The Bertz CT molecular complexity index is 535. The van der Waals surface area contributed by atoms with Gasteiger partial charge in [0.05, 0.1) is 5.92 Å². The van der Waals surface area contributed by atoms with Crippen LogP contribution >= 0.6 is 0 Å². The van der Waals surface area contributed by atoms with E-state index in [9.17, 15) is 4.79 Å². The molecule has 2 heteroatoms. The van der Waals surface area contributed by atoms with Crippen molar-refractivity contribution >= 4 is 5.97 Å². The van der Waals surface area contributed by atoms with Crippen molar-refractivity contribution in [3.8, 4) is 12.3 Å². The summed E-state index contributed by atoms with van der Waals surface area (Å²) in [4.78, 5) is 12.9. The molecule has 0 saturated heterocycles. The van der Waals surface area contributed by atoms with Gasteiger partial charge in [0.25, 0.3) is 0 Å². The Morgan fingerprint density at radius 1 is 0.828 bits per heavy atom. The summed E-state index contributed by atoms with van der Waals surface area (Å²) in [5.74, 6) is 6.46. The molecule has 0 spiro atoms. The van der Waals surface area contributed by atoms with E-state index in [2.05, 4.69) is 19.8 Å². The molecule has 0 amide bonds. The molecule has 0 radical (unpaired) electrons. The van der Waals surface area contributed by atoms with E-state index in [4.69, 9.17) is 11.2 Å². The van der Waals surface area contributed by atoms with E-state index in [0.717, 1.165) is 62.2 Å². The van der Waals surface area contributed by atoms with Crippen molar-refractivity contribution in [1.82, 2.24) is 0 Å². The number of ether oxygens (including phenoxy) is 1. The van der Waals surface area contributed by atoms with Crippen molar-refractivity contribution < 1.29 is 9.53 Å². The van der Waals surface area contributed by atoms with Crippen LogP contribution in [-0.4, -0.2) is 11.6 Å². The predicted molar refractivity (Wildman–Crippen MR) is 120 cm³/mol. The van der Waals surface area contributed by atoms with E-state index in [0.29, 0.717) is 0 Å². The number of carbonyl (C=O) groups excluding carboxylic acids is 1. The largest absolute Gasteiger partial charge is 0.446 e. The number of rotatable bonds is 7. The molecule has 3 aliphatic rings. The van der Waals surface area contributed by atoms with Gasteiger partial charge in [-0.05, 0) is 87.9 Å². The lowest BCUT2D eigenvalue weighted by molar-refractivity contribution is -0.164. The molecular weight excluding hydrogens is 356 g/mol. The van der Waals surface area contributed by atoms with Crippen LogP contribution in [0.5, 0.6) is 0 Å². The smallest absolute Gasteiger partial charge is 0.310 e. The van der Waals surface area contributed by atoms with Crippen molar-refractivity contribution in [2.45, 2.75) is 122 Å². The van der Waals surface area contributed by atoms with E-state index in [1.807, 2.05) is 0 Å². The van der Waals surface area contributed by atoms with Crippen LogP contribution in [0.15, 0.2) is 0 Å². The number of carbonyl (C=O) groups is 1. The molecule has 0 aromatic carbocycles. The maximum absolute atomic E-state index is 12.9. The standard InChI is InChI=1S/C27H44O2/c1-4-7-21-9-13-23(14-10-21)24-17-19-27(6-3,20-18-24)29-26(28)25-15-11-22(8-5-2)12-16-25/h3,21-25H,4-5,7-20H2,1-2H3. The van der Waals surface area contributed by atoms with Gasteiger partial charge in [-0.25, -0.2) is 0 Å². The second kappa shape index (κ2) is 10.9. The van der Waals surface area contributed by atoms with Gasteiger partial charge >= 0.3 is 5.97 Å². The summed E-state index contributed by atoms with van der Waals surface area (Å²) in [6.45, 7) is 4.56.